The standard InChI is InChI=1S/C17H12ClN3O4/c1-17(2)7-14(12-5-10(8-19)3-4-15(12)25-17)20-9-11(21(23)24)6-13(18)16(20)22/h3-7,9H,1-2H3. The second-order valence-electron chi connectivity index (χ2n) is 6.04. The number of halogens is 1. The van der Waals surface area contributed by atoms with E-state index < -0.39 is 16.1 Å². The van der Waals surface area contributed by atoms with Gasteiger partial charge in [-0.15, -0.1) is 0 Å². The van der Waals surface area contributed by atoms with E-state index in [0.29, 0.717) is 22.6 Å². The van der Waals surface area contributed by atoms with Crippen molar-refractivity contribution < 1.29 is 9.66 Å². The van der Waals surface area contributed by atoms with E-state index in [1.165, 1.54) is 0 Å². The fourth-order valence-electron chi connectivity index (χ4n) is 2.62. The van der Waals surface area contributed by atoms with Crippen molar-refractivity contribution in [3.05, 3.63) is 73.2 Å². The molecule has 0 atom stereocenters. The number of rotatable bonds is 2. The summed E-state index contributed by atoms with van der Waals surface area (Å²) in [5.74, 6) is 0.469. The average molecular weight is 358 g/mol. The van der Waals surface area contributed by atoms with Gasteiger partial charge in [0.1, 0.15) is 16.4 Å². The normalized spacial score (nSPS) is 14.7. The summed E-state index contributed by atoms with van der Waals surface area (Å²) in [6.45, 7) is 3.58. The molecule has 0 amide bonds. The maximum atomic E-state index is 12.5. The predicted octanol–water partition coefficient (Wildman–Crippen LogP) is 3.34. The molecule has 0 aliphatic carbocycles. The lowest BCUT2D eigenvalue weighted by Gasteiger charge is -2.31. The largest absolute Gasteiger partial charge is 0.483 e. The van der Waals surface area contributed by atoms with Crippen molar-refractivity contribution in [2.24, 2.45) is 0 Å². The van der Waals surface area contributed by atoms with Crippen LogP contribution >= 0.6 is 11.6 Å². The Labute approximate surface area is 147 Å². The third-order valence-electron chi connectivity index (χ3n) is 3.67. The van der Waals surface area contributed by atoms with Gasteiger partial charge < -0.3 is 4.74 Å². The molecule has 1 aliphatic rings. The zero-order valence-electron chi connectivity index (χ0n) is 13.3. The van der Waals surface area contributed by atoms with Crippen molar-refractivity contribution >= 4 is 23.0 Å². The third-order valence-corrected chi connectivity index (χ3v) is 3.94. The van der Waals surface area contributed by atoms with Gasteiger partial charge >= 0.3 is 0 Å². The molecule has 1 aromatic carbocycles. The minimum absolute atomic E-state index is 0.266. The first-order valence-electron chi connectivity index (χ1n) is 7.25. The molecule has 0 spiro atoms. The fraction of sp³-hybridized carbons (Fsp3) is 0.176. The molecule has 0 radical (unpaired) electrons. The number of nitro groups is 1. The molecule has 0 saturated heterocycles. The van der Waals surface area contributed by atoms with Gasteiger partial charge in [-0.3, -0.25) is 19.5 Å². The molecule has 2 heterocycles. The van der Waals surface area contributed by atoms with Crippen molar-refractivity contribution in [2.75, 3.05) is 0 Å². The highest BCUT2D eigenvalue weighted by Gasteiger charge is 2.29. The predicted molar refractivity (Wildman–Crippen MR) is 91.6 cm³/mol. The Balaban J connectivity index is 2.33. The van der Waals surface area contributed by atoms with Gasteiger partial charge in [-0.1, -0.05) is 11.6 Å². The molecule has 25 heavy (non-hydrogen) atoms. The lowest BCUT2D eigenvalue weighted by atomic mass is 9.97. The first-order chi connectivity index (χ1) is 11.7. The molecule has 8 heteroatoms. The molecule has 0 fully saturated rings. The highest BCUT2D eigenvalue weighted by Crippen LogP contribution is 2.37. The molecule has 0 N–H and O–H groups in total. The average Bonchev–Trinajstić information content (AvgIpc) is 2.55. The highest BCUT2D eigenvalue weighted by molar-refractivity contribution is 6.30. The van der Waals surface area contributed by atoms with Crippen LogP contribution in [0.25, 0.3) is 5.70 Å². The van der Waals surface area contributed by atoms with Crippen LogP contribution < -0.4 is 10.3 Å². The van der Waals surface area contributed by atoms with E-state index in [4.69, 9.17) is 21.6 Å². The second-order valence-corrected chi connectivity index (χ2v) is 6.44. The van der Waals surface area contributed by atoms with Crippen LogP contribution in [0.4, 0.5) is 5.69 Å². The Kier molecular flexibility index (Phi) is 3.85. The van der Waals surface area contributed by atoms with Gasteiger partial charge in [-0.25, -0.2) is 0 Å². The number of benzene rings is 1. The molecule has 0 unspecified atom stereocenters. The molecule has 3 rings (SSSR count). The molecular formula is C17H12ClN3O4. The van der Waals surface area contributed by atoms with E-state index in [1.54, 1.807) is 38.1 Å². The summed E-state index contributed by atoms with van der Waals surface area (Å²) >= 11 is 5.89. The quantitative estimate of drug-likeness (QED) is 0.606. The topological polar surface area (TPSA) is 98.2 Å². The van der Waals surface area contributed by atoms with Crippen molar-refractivity contribution in [3.8, 4) is 11.8 Å². The highest BCUT2D eigenvalue weighted by atomic mass is 35.5. The van der Waals surface area contributed by atoms with Crippen LogP contribution in [0.5, 0.6) is 5.75 Å². The van der Waals surface area contributed by atoms with Crippen LogP contribution in [0.1, 0.15) is 25.0 Å². The maximum Gasteiger partial charge on any atom is 0.287 e. The number of nitriles is 1. The number of ether oxygens (including phenoxy) is 1. The van der Waals surface area contributed by atoms with E-state index in [2.05, 4.69) is 0 Å². The molecule has 126 valence electrons. The lowest BCUT2D eigenvalue weighted by molar-refractivity contribution is -0.385. The summed E-state index contributed by atoms with van der Waals surface area (Å²) in [4.78, 5) is 23.0. The summed E-state index contributed by atoms with van der Waals surface area (Å²) < 4.78 is 6.97. The van der Waals surface area contributed by atoms with Crippen LogP contribution in [0.3, 0.4) is 0 Å². The van der Waals surface area contributed by atoms with Gasteiger partial charge in [0.15, 0.2) is 0 Å². The van der Waals surface area contributed by atoms with Gasteiger partial charge in [0.2, 0.25) is 0 Å². The number of hydrogen-bond acceptors (Lipinski definition) is 5. The van der Waals surface area contributed by atoms with E-state index >= 15 is 0 Å². The monoisotopic (exact) mass is 357 g/mol. The Morgan fingerprint density at radius 3 is 2.72 bits per heavy atom. The molecule has 2 aromatic rings. The fourth-order valence-corrected chi connectivity index (χ4v) is 2.82. The number of hydrogen-bond donors (Lipinski definition) is 0. The van der Waals surface area contributed by atoms with E-state index in [-0.39, 0.29) is 10.7 Å². The summed E-state index contributed by atoms with van der Waals surface area (Å²) in [5, 5.41) is 20.0. The Bertz CT molecular complexity index is 1030. The smallest absolute Gasteiger partial charge is 0.287 e. The van der Waals surface area contributed by atoms with Gasteiger partial charge in [-0.05, 0) is 38.1 Å². The van der Waals surface area contributed by atoms with Crippen LogP contribution in [0.15, 0.2) is 41.3 Å². The lowest BCUT2D eigenvalue weighted by Crippen LogP contribution is -2.32. The number of fused-ring (bicyclic) bond motifs is 1. The summed E-state index contributed by atoms with van der Waals surface area (Å²) in [6.07, 6.45) is 2.78. The summed E-state index contributed by atoms with van der Waals surface area (Å²) in [5.41, 5.74) is -0.432. The SMILES string of the molecule is CC1(C)C=C(n2cc([N+](=O)[O-])cc(Cl)c2=O)c2cc(C#N)ccc2O1. The van der Waals surface area contributed by atoms with Gasteiger partial charge in [-0.2, -0.15) is 5.26 Å². The summed E-state index contributed by atoms with van der Waals surface area (Å²) in [7, 11) is 0. The zero-order chi connectivity index (χ0) is 18.4. The first-order valence-corrected chi connectivity index (χ1v) is 7.63. The van der Waals surface area contributed by atoms with E-state index in [0.717, 1.165) is 16.8 Å². The minimum atomic E-state index is -0.757. The van der Waals surface area contributed by atoms with Crippen LogP contribution in [-0.2, 0) is 0 Å². The Morgan fingerprint density at radius 1 is 1.36 bits per heavy atom. The van der Waals surface area contributed by atoms with Crippen LogP contribution in [0, 0.1) is 21.4 Å². The first kappa shape index (κ1) is 16.7. The van der Waals surface area contributed by atoms with E-state index in [9.17, 15) is 14.9 Å². The Morgan fingerprint density at radius 2 is 2.08 bits per heavy atom. The van der Waals surface area contributed by atoms with Crippen LogP contribution in [0.2, 0.25) is 5.02 Å². The molecule has 1 aliphatic heterocycles. The number of nitrogens with zero attached hydrogens (tertiary/aromatic N) is 3. The molecule has 0 bridgehead atoms. The Hall–Kier alpha value is -3.11. The molecular weight excluding hydrogens is 346 g/mol. The molecule has 7 nitrogen and oxygen atoms in total. The van der Waals surface area contributed by atoms with Gasteiger partial charge in [0.25, 0.3) is 11.2 Å². The van der Waals surface area contributed by atoms with Crippen molar-refractivity contribution in [1.29, 1.82) is 5.26 Å². The summed E-state index contributed by atoms with van der Waals surface area (Å²) in [6, 6.07) is 7.83. The molecule has 1 aromatic heterocycles. The minimum Gasteiger partial charge on any atom is -0.483 e. The van der Waals surface area contributed by atoms with Crippen LogP contribution in [-0.4, -0.2) is 15.1 Å². The second kappa shape index (κ2) is 5.76. The van der Waals surface area contributed by atoms with E-state index in [1.807, 2.05) is 6.07 Å². The van der Waals surface area contributed by atoms with Gasteiger partial charge in [0, 0.05) is 11.6 Å². The number of aromatic nitrogens is 1. The molecule has 0 saturated carbocycles. The third kappa shape index (κ3) is 2.99. The van der Waals surface area contributed by atoms with Gasteiger partial charge in [0.05, 0.1) is 28.4 Å². The van der Waals surface area contributed by atoms with Crippen molar-refractivity contribution in [1.82, 2.24) is 4.57 Å². The van der Waals surface area contributed by atoms with Crippen molar-refractivity contribution in [2.45, 2.75) is 19.4 Å². The zero-order valence-corrected chi connectivity index (χ0v) is 14.1. The van der Waals surface area contributed by atoms with Crippen molar-refractivity contribution in [3.63, 3.8) is 0 Å². The maximum absolute atomic E-state index is 12.5. The number of pyridine rings is 1.